The Labute approximate surface area is 111 Å². The molecule has 0 aromatic heterocycles. The molecule has 0 bridgehead atoms. The van der Waals surface area contributed by atoms with Gasteiger partial charge in [-0.3, -0.25) is 0 Å². The van der Waals surface area contributed by atoms with E-state index in [1.807, 2.05) is 6.07 Å². The highest BCUT2D eigenvalue weighted by Gasteiger charge is 2.25. The molecule has 0 radical (unpaired) electrons. The Bertz CT molecular complexity index is 595. The molecule has 1 N–H and O–H groups in total. The maximum absolute atomic E-state index is 11.9. The molecule has 5 heteroatoms. The Hall–Kier alpha value is -1.90. The van der Waals surface area contributed by atoms with Crippen molar-refractivity contribution in [2.45, 2.75) is 6.16 Å². The summed E-state index contributed by atoms with van der Waals surface area (Å²) in [6.07, 6.45) is -0.188. The normalized spacial score (nSPS) is 13.5. The summed E-state index contributed by atoms with van der Waals surface area (Å²) in [7, 11) is -3.99. The maximum Gasteiger partial charge on any atom is 0.383 e. The first-order valence-corrected chi connectivity index (χ1v) is 7.48. The average molecular weight is 276 g/mol. The largest absolute Gasteiger partial charge is 0.388 e. The predicted molar refractivity (Wildman–Crippen MR) is 71.8 cm³/mol. The Kier molecular flexibility index (Phi) is 4.15. The van der Waals surface area contributed by atoms with E-state index in [0.717, 1.165) is 0 Å². The minimum atomic E-state index is -3.99. The van der Waals surface area contributed by atoms with Crippen LogP contribution in [0.1, 0.15) is 15.9 Å². The number of benzene rings is 2. The predicted octanol–water partition coefficient (Wildman–Crippen LogP) is 3.23. The van der Waals surface area contributed by atoms with Crippen LogP contribution in [0.15, 0.2) is 60.7 Å². The van der Waals surface area contributed by atoms with Crippen LogP contribution in [-0.4, -0.2) is 10.9 Å². The van der Waals surface area contributed by atoms with E-state index in [4.69, 9.17) is 4.52 Å². The van der Waals surface area contributed by atoms with E-state index in [9.17, 15) is 14.3 Å². The van der Waals surface area contributed by atoms with Gasteiger partial charge in [0, 0.05) is 0 Å². The number of hydrogen-bond donors (Lipinski definition) is 1. The third kappa shape index (κ3) is 4.05. The van der Waals surface area contributed by atoms with Crippen LogP contribution >= 0.6 is 7.60 Å². The van der Waals surface area contributed by atoms with Gasteiger partial charge in [0.25, 0.3) is 0 Å². The zero-order valence-corrected chi connectivity index (χ0v) is 11.0. The Balaban J connectivity index is 2.06. The molecule has 2 aromatic carbocycles. The van der Waals surface area contributed by atoms with Crippen molar-refractivity contribution >= 4 is 13.6 Å². The lowest BCUT2D eigenvalue weighted by Crippen LogP contribution is -2.04. The van der Waals surface area contributed by atoms with Gasteiger partial charge in [0.15, 0.2) is 0 Å². The molecule has 0 heterocycles. The van der Waals surface area contributed by atoms with Crippen molar-refractivity contribution in [3.8, 4) is 0 Å². The first kappa shape index (κ1) is 13.5. The molecule has 1 atom stereocenters. The SMILES string of the molecule is O=C(OP(=O)(O)Cc1ccccc1)c1ccccc1. The molecule has 0 aliphatic rings. The lowest BCUT2D eigenvalue weighted by Gasteiger charge is -2.12. The van der Waals surface area contributed by atoms with Crippen molar-refractivity contribution in [2.75, 3.05) is 0 Å². The van der Waals surface area contributed by atoms with Crippen molar-refractivity contribution in [3.63, 3.8) is 0 Å². The van der Waals surface area contributed by atoms with Crippen LogP contribution in [0.2, 0.25) is 0 Å². The Morgan fingerprint density at radius 2 is 1.53 bits per heavy atom. The van der Waals surface area contributed by atoms with E-state index in [-0.39, 0.29) is 11.7 Å². The summed E-state index contributed by atoms with van der Waals surface area (Å²) in [6, 6.07) is 16.9. The van der Waals surface area contributed by atoms with Gasteiger partial charge >= 0.3 is 13.6 Å². The van der Waals surface area contributed by atoms with Gasteiger partial charge in [0.05, 0.1) is 11.7 Å². The second-order valence-corrected chi connectivity index (χ2v) is 5.80. The summed E-state index contributed by atoms with van der Waals surface area (Å²) in [6.45, 7) is 0. The molecule has 4 nitrogen and oxygen atoms in total. The number of carbonyl (C=O) groups is 1. The molecular weight excluding hydrogens is 263 g/mol. The summed E-state index contributed by atoms with van der Waals surface area (Å²) >= 11 is 0. The summed E-state index contributed by atoms with van der Waals surface area (Å²) < 4.78 is 16.6. The third-order valence-corrected chi connectivity index (χ3v) is 3.68. The van der Waals surface area contributed by atoms with Crippen LogP contribution in [0.4, 0.5) is 0 Å². The second-order valence-electron chi connectivity index (χ2n) is 4.03. The van der Waals surface area contributed by atoms with Crippen LogP contribution in [0.3, 0.4) is 0 Å². The minimum Gasteiger partial charge on any atom is -0.388 e. The smallest absolute Gasteiger partial charge is 0.383 e. The zero-order valence-electron chi connectivity index (χ0n) is 10.1. The summed E-state index contributed by atoms with van der Waals surface area (Å²) in [5, 5.41) is 0. The molecule has 1 unspecified atom stereocenters. The van der Waals surface area contributed by atoms with E-state index in [0.29, 0.717) is 5.56 Å². The average Bonchev–Trinajstić information content (AvgIpc) is 2.39. The van der Waals surface area contributed by atoms with Gasteiger partial charge < -0.3 is 9.42 Å². The molecule has 2 rings (SSSR count). The number of hydrogen-bond acceptors (Lipinski definition) is 3. The number of carbonyl (C=O) groups excluding carboxylic acids is 1. The molecule has 0 fully saturated rings. The van der Waals surface area contributed by atoms with E-state index in [1.54, 1.807) is 42.5 Å². The second kappa shape index (κ2) is 5.83. The van der Waals surface area contributed by atoms with Gasteiger partial charge in [-0.25, -0.2) is 9.36 Å². The zero-order chi connectivity index (χ0) is 13.7. The van der Waals surface area contributed by atoms with Crippen LogP contribution < -0.4 is 0 Å². The lowest BCUT2D eigenvalue weighted by atomic mass is 10.2. The standard InChI is InChI=1S/C14H13O4P/c15-14(13-9-5-2-6-10-13)18-19(16,17)11-12-7-3-1-4-8-12/h1-10H,11H2,(H,16,17). The minimum absolute atomic E-state index is 0.188. The van der Waals surface area contributed by atoms with Gasteiger partial charge in [-0.1, -0.05) is 48.5 Å². The molecule has 0 amide bonds. The van der Waals surface area contributed by atoms with Gasteiger partial charge in [-0.05, 0) is 17.7 Å². The lowest BCUT2D eigenvalue weighted by molar-refractivity contribution is 0.0716. The molecule has 0 spiro atoms. The van der Waals surface area contributed by atoms with Gasteiger partial charge in [0.2, 0.25) is 0 Å². The first-order valence-electron chi connectivity index (χ1n) is 5.71. The van der Waals surface area contributed by atoms with E-state index < -0.39 is 13.6 Å². The quantitative estimate of drug-likeness (QED) is 0.871. The van der Waals surface area contributed by atoms with E-state index in [1.165, 1.54) is 12.1 Å². The summed E-state index contributed by atoms with van der Waals surface area (Å²) in [4.78, 5) is 21.4. The first-order chi connectivity index (χ1) is 9.07. The molecule has 98 valence electrons. The van der Waals surface area contributed by atoms with Crippen LogP contribution in [0.25, 0.3) is 0 Å². The van der Waals surface area contributed by atoms with Crippen LogP contribution in [0.5, 0.6) is 0 Å². The van der Waals surface area contributed by atoms with Gasteiger partial charge in [-0.2, -0.15) is 0 Å². The fraction of sp³-hybridized carbons (Fsp3) is 0.0714. The van der Waals surface area contributed by atoms with Crippen molar-refractivity contribution in [1.82, 2.24) is 0 Å². The Morgan fingerprint density at radius 3 is 2.11 bits per heavy atom. The number of rotatable bonds is 4. The molecular formula is C14H13O4P. The van der Waals surface area contributed by atoms with Crippen LogP contribution in [0, 0.1) is 0 Å². The highest BCUT2D eigenvalue weighted by atomic mass is 31.2. The molecule has 0 saturated carbocycles. The third-order valence-electron chi connectivity index (χ3n) is 2.46. The van der Waals surface area contributed by atoms with Crippen molar-refractivity contribution in [1.29, 1.82) is 0 Å². The summed E-state index contributed by atoms with van der Waals surface area (Å²) in [5.74, 6) is -0.789. The molecule has 2 aromatic rings. The van der Waals surface area contributed by atoms with Crippen molar-refractivity contribution < 1.29 is 18.8 Å². The van der Waals surface area contributed by atoms with Crippen LogP contribution in [-0.2, 0) is 15.3 Å². The highest BCUT2D eigenvalue weighted by molar-refractivity contribution is 7.52. The van der Waals surface area contributed by atoms with Gasteiger partial charge in [0.1, 0.15) is 0 Å². The van der Waals surface area contributed by atoms with Crippen molar-refractivity contribution in [2.24, 2.45) is 0 Å². The molecule has 0 aliphatic heterocycles. The van der Waals surface area contributed by atoms with Gasteiger partial charge in [-0.15, -0.1) is 0 Å². The fourth-order valence-corrected chi connectivity index (χ4v) is 2.70. The Morgan fingerprint density at radius 1 is 1.00 bits per heavy atom. The molecule has 0 aliphatic carbocycles. The molecule has 19 heavy (non-hydrogen) atoms. The highest BCUT2D eigenvalue weighted by Crippen LogP contribution is 2.46. The maximum atomic E-state index is 11.9. The summed E-state index contributed by atoms with van der Waals surface area (Å²) in [5.41, 5.74) is 0.902. The van der Waals surface area contributed by atoms with Crippen molar-refractivity contribution in [3.05, 3.63) is 71.8 Å². The topological polar surface area (TPSA) is 63.6 Å². The monoisotopic (exact) mass is 276 g/mol. The van der Waals surface area contributed by atoms with E-state index in [2.05, 4.69) is 0 Å². The molecule has 0 saturated heterocycles. The van der Waals surface area contributed by atoms with E-state index >= 15 is 0 Å². The fourth-order valence-electron chi connectivity index (χ4n) is 1.60.